The van der Waals surface area contributed by atoms with Crippen LogP contribution in [-0.4, -0.2) is 7.11 Å². The molecule has 0 saturated heterocycles. The molecule has 0 N–H and O–H groups in total. The maximum absolute atomic E-state index is 5.27. The van der Waals surface area contributed by atoms with Gasteiger partial charge in [-0.3, -0.25) is 0 Å². The highest BCUT2D eigenvalue weighted by Crippen LogP contribution is 2.30. The number of unbranched alkanes of at least 4 members (excludes halogenated alkanes) is 5. The second-order valence-corrected chi connectivity index (χ2v) is 5.57. The molecule has 0 aromatic rings. The molecule has 0 fully saturated rings. The molecule has 0 amide bonds. The summed E-state index contributed by atoms with van der Waals surface area (Å²) in [5.41, 5.74) is 3.96. The molecule has 0 aromatic heterocycles. The Kier molecular flexibility index (Phi) is 5.91. The zero-order chi connectivity index (χ0) is 14.2. The quantitative estimate of drug-likeness (QED) is 0.559. The fourth-order valence-corrected chi connectivity index (χ4v) is 2.65. The number of fused-ring (bicyclic) bond motifs is 1. The summed E-state index contributed by atoms with van der Waals surface area (Å²) in [7, 11) is 1.72. The lowest BCUT2D eigenvalue weighted by Gasteiger charge is -2.00. The molecule has 0 radical (unpaired) electrons. The molecule has 2 aliphatic carbocycles. The topological polar surface area (TPSA) is 9.23 Å². The van der Waals surface area contributed by atoms with Crippen molar-refractivity contribution in [1.29, 1.82) is 0 Å². The van der Waals surface area contributed by atoms with Crippen LogP contribution in [0.4, 0.5) is 0 Å². The van der Waals surface area contributed by atoms with Crippen molar-refractivity contribution in [1.82, 2.24) is 0 Å². The highest BCUT2D eigenvalue weighted by Gasteiger charge is 2.05. The van der Waals surface area contributed by atoms with E-state index in [0.717, 1.165) is 5.75 Å². The van der Waals surface area contributed by atoms with E-state index >= 15 is 0 Å². The van der Waals surface area contributed by atoms with Crippen LogP contribution in [0, 0.1) is 0 Å². The first-order valence-corrected chi connectivity index (χ1v) is 7.90. The number of methoxy groups -OCH3 is 1. The number of hydrogen-bond acceptors (Lipinski definition) is 1. The van der Waals surface area contributed by atoms with E-state index in [2.05, 4.69) is 43.3 Å². The van der Waals surface area contributed by atoms with E-state index in [1.807, 2.05) is 0 Å². The first kappa shape index (κ1) is 14.9. The van der Waals surface area contributed by atoms with Crippen LogP contribution < -0.4 is 4.74 Å². The lowest BCUT2D eigenvalue weighted by molar-refractivity contribution is 0.416. The van der Waals surface area contributed by atoms with Gasteiger partial charge >= 0.3 is 0 Å². The molecule has 0 bridgehead atoms. The zero-order valence-corrected chi connectivity index (χ0v) is 12.8. The number of rotatable bonds is 8. The van der Waals surface area contributed by atoms with Gasteiger partial charge in [-0.2, -0.15) is 0 Å². The Morgan fingerprint density at radius 2 is 1.40 bits per heavy atom. The summed E-state index contributed by atoms with van der Waals surface area (Å²) >= 11 is 0. The smallest absolute Gasteiger partial charge is 0.120 e. The fourth-order valence-electron chi connectivity index (χ4n) is 2.65. The lowest BCUT2D eigenvalue weighted by Crippen LogP contribution is -1.84. The van der Waals surface area contributed by atoms with Gasteiger partial charge in [-0.15, -0.1) is 0 Å². The van der Waals surface area contributed by atoms with E-state index in [0.29, 0.717) is 0 Å². The molecular formula is C19H26O. The van der Waals surface area contributed by atoms with Gasteiger partial charge in [-0.1, -0.05) is 63.3 Å². The van der Waals surface area contributed by atoms with Crippen LogP contribution >= 0.6 is 0 Å². The third-order valence-electron chi connectivity index (χ3n) is 3.94. The van der Waals surface area contributed by atoms with E-state index in [9.17, 15) is 0 Å². The zero-order valence-electron chi connectivity index (χ0n) is 12.8. The highest BCUT2D eigenvalue weighted by molar-refractivity contribution is 5.70. The minimum Gasteiger partial charge on any atom is -0.497 e. The maximum Gasteiger partial charge on any atom is 0.120 e. The van der Waals surface area contributed by atoms with Gasteiger partial charge in [-0.25, -0.2) is 0 Å². The van der Waals surface area contributed by atoms with Crippen molar-refractivity contribution in [3.8, 4) is 16.9 Å². The molecule has 0 aliphatic heterocycles. The Balaban J connectivity index is 1.87. The van der Waals surface area contributed by atoms with Gasteiger partial charge in [0.25, 0.3) is 0 Å². The molecule has 1 nitrogen and oxygen atoms in total. The largest absolute Gasteiger partial charge is 0.497 e. The summed E-state index contributed by atoms with van der Waals surface area (Å²) < 4.78 is 5.27. The van der Waals surface area contributed by atoms with E-state index in [1.54, 1.807) is 7.11 Å². The third kappa shape index (κ3) is 4.26. The molecule has 0 atom stereocenters. The molecule has 0 spiro atoms. The van der Waals surface area contributed by atoms with Crippen LogP contribution in [0.5, 0.6) is 5.75 Å². The normalized spacial score (nSPS) is 10.9. The van der Waals surface area contributed by atoms with E-state index in [-0.39, 0.29) is 0 Å². The Bertz CT molecular complexity index is 456. The number of aryl methyl sites for hydroxylation is 1. The lowest BCUT2D eigenvalue weighted by atomic mass is 10.1. The van der Waals surface area contributed by atoms with Crippen molar-refractivity contribution < 1.29 is 4.74 Å². The standard InChI is InChI=1S/C19H26O/c1-3-4-5-6-7-8-9-16-10-12-17-14-19(20-2)15-18(17)13-11-16/h10-15H,3-9H2,1-2H3. The van der Waals surface area contributed by atoms with Gasteiger partial charge in [0.15, 0.2) is 0 Å². The number of hydrogen-bond donors (Lipinski definition) is 0. The van der Waals surface area contributed by atoms with Crippen LogP contribution in [-0.2, 0) is 6.42 Å². The predicted octanol–water partition coefficient (Wildman–Crippen LogP) is 5.70. The van der Waals surface area contributed by atoms with Gasteiger partial charge in [-0.05, 0) is 41.7 Å². The van der Waals surface area contributed by atoms with Crippen LogP contribution in [0.3, 0.4) is 0 Å². The Labute approximate surface area is 123 Å². The Hall–Kier alpha value is -1.50. The predicted molar refractivity (Wildman–Crippen MR) is 86.7 cm³/mol. The van der Waals surface area contributed by atoms with Crippen LogP contribution in [0.1, 0.15) is 51.0 Å². The fraction of sp³-hybridized carbons (Fsp3) is 0.474. The van der Waals surface area contributed by atoms with Gasteiger partial charge in [0.05, 0.1) is 7.11 Å². The highest BCUT2D eigenvalue weighted by atomic mass is 16.5. The van der Waals surface area contributed by atoms with E-state index in [4.69, 9.17) is 4.74 Å². The molecule has 0 heterocycles. The first-order valence-electron chi connectivity index (χ1n) is 7.90. The molecule has 2 aliphatic rings. The maximum atomic E-state index is 5.27. The Morgan fingerprint density at radius 1 is 0.800 bits per heavy atom. The van der Waals surface area contributed by atoms with Crippen molar-refractivity contribution >= 4 is 0 Å². The monoisotopic (exact) mass is 270 g/mol. The average Bonchev–Trinajstić information content (AvgIpc) is 2.78. The molecular weight excluding hydrogens is 244 g/mol. The second kappa shape index (κ2) is 7.94. The van der Waals surface area contributed by atoms with Crippen LogP contribution in [0.25, 0.3) is 11.1 Å². The van der Waals surface area contributed by atoms with E-state index in [1.165, 1.54) is 61.6 Å². The van der Waals surface area contributed by atoms with E-state index < -0.39 is 0 Å². The molecule has 2 rings (SSSR count). The van der Waals surface area contributed by atoms with Gasteiger partial charge in [0, 0.05) is 0 Å². The molecule has 108 valence electrons. The molecule has 0 saturated carbocycles. The third-order valence-corrected chi connectivity index (χ3v) is 3.94. The molecule has 20 heavy (non-hydrogen) atoms. The SMILES string of the molecule is CCCCCCCCc1ccc2cc(OC)cc-2cc1. The minimum atomic E-state index is 0.948. The van der Waals surface area contributed by atoms with Crippen molar-refractivity contribution in [3.05, 3.63) is 42.0 Å². The van der Waals surface area contributed by atoms with Crippen molar-refractivity contribution in [3.63, 3.8) is 0 Å². The second-order valence-electron chi connectivity index (χ2n) is 5.57. The average molecular weight is 270 g/mol. The van der Waals surface area contributed by atoms with Gasteiger partial charge < -0.3 is 4.74 Å². The first-order chi connectivity index (χ1) is 9.83. The molecule has 0 unspecified atom stereocenters. The summed E-state index contributed by atoms with van der Waals surface area (Å²) in [6.45, 7) is 2.27. The summed E-state index contributed by atoms with van der Waals surface area (Å²) in [6.07, 6.45) is 9.36. The van der Waals surface area contributed by atoms with Crippen molar-refractivity contribution in [2.45, 2.75) is 51.9 Å². The Morgan fingerprint density at radius 3 is 2.00 bits per heavy atom. The summed E-state index contributed by atoms with van der Waals surface area (Å²) in [6, 6.07) is 13.1. The molecule has 0 aromatic carbocycles. The van der Waals surface area contributed by atoms with Crippen LogP contribution in [0.15, 0.2) is 36.4 Å². The summed E-state index contributed by atoms with van der Waals surface area (Å²) in [5, 5.41) is 0. The van der Waals surface area contributed by atoms with Gasteiger partial charge in [0.1, 0.15) is 5.75 Å². The molecule has 1 heteroatoms. The minimum absolute atomic E-state index is 0.948. The summed E-state index contributed by atoms with van der Waals surface area (Å²) in [5.74, 6) is 0.948. The van der Waals surface area contributed by atoms with Crippen molar-refractivity contribution in [2.75, 3.05) is 7.11 Å². The van der Waals surface area contributed by atoms with Gasteiger partial charge in [0.2, 0.25) is 0 Å². The number of ether oxygens (including phenoxy) is 1. The summed E-state index contributed by atoms with van der Waals surface area (Å²) in [4.78, 5) is 0. The van der Waals surface area contributed by atoms with Crippen molar-refractivity contribution in [2.24, 2.45) is 0 Å². The van der Waals surface area contributed by atoms with Crippen LogP contribution in [0.2, 0.25) is 0 Å².